The number of hydrogen-bond acceptors (Lipinski definition) is 4. The number of nitrogens with one attached hydrogen (secondary N) is 1. The van der Waals surface area contributed by atoms with Gasteiger partial charge in [-0.05, 0) is 32.1 Å². The minimum atomic E-state index is -0.317. The molecule has 4 nitrogen and oxygen atoms in total. The molecule has 7 heteroatoms. The molecule has 0 unspecified atom stereocenters. The topological polar surface area (TPSA) is 35.6 Å². The van der Waals surface area contributed by atoms with Crippen LogP contribution < -0.4 is 5.32 Å². The number of piperazine rings is 1. The minimum absolute atomic E-state index is 0.00848. The fraction of sp³-hybridized carbons (Fsp3) is 0.588. The molecule has 24 heavy (non-hydrogen) atoms. The van der Waals surface area contributed by atoms with Gasteiger partial charge in [-0.15, -0.1) is 11.8 Å². The van der Waals surface area contributed by atoms with Gasteiger partial charge >= 0.3 is 0 Å². The van der Waals surface area contributed by atoms with Crippen molar-refractivity contribution in [3.05, 3.63) is 34.6 Å². The van der Waals surface area contributed by atoms with Crippen LogP contribution in [0.3, 0.4) is 0 Å². The Hall–Kier alpha value is -0.820. The van der Waals surface area contributed by atoms with E-state index in [9.17, 15) is 9.18 Å². The summed E-state index contributed by atoms with van der Waals surface area (Å²) in [6.45, 7) is 6.13. The molecule has 0 atom stereocenters. The summed E-state index contributed by atoms with van der Waals surface area (Å²) < 4.78 is 13.6. The minimum Gasteiger partial charge on any atom is -0.355 e. The number of thioether (sulfide) groups is 1. The fourth-order valence-electron chi connectivity index (χ4n) is 2.57. The molecule has 0 spiro atoms. The van der Waals surface area contributed by atoms with E-state index in [-0.39, 0.29) is 11.7 Å². The zero-order chi connectivity index (χ0) is 17.4. The van der Waals surface area contributed by atoms with E-state index in [2.05, 4.69) is 22.2 Å². The van der Waals surface area contributed by atoms with Crippen molar-refractivity contribution in [1.29, 1.82) is 0 Å². The largest absolute Gasteiger partial charge is 0.355 e. The molecule has 1 fully saturated rings. The lowest BCUT2D eigenvalue weighted by Gasteiger charge is -2.32. The molecule has 1 aromatic rings. The molecule has 0 aliphatic carbocycles. The second-order valence-corrected chi connectivity index (χ2v) is 7.43. The molecule has 1 aliphatic heterocycles. The van der Waals surface area contributed by atoms with Crippen molar-refractivity contribution < 1.29 is 9.18 Å². The van der Waals surface area contributed by atoms with E-state index in [4.69, 9.17) is 11.6 Å². The second kappa shape index (κ2) is 10.2. The van der Waals surface area contributed by atoms with Gasteiger partial charge < -0.3 is 15.1 Å². The summed E-state index contributed by atoms with van der Waals surface area (Å²) in [5.74, 6) is 0.396. The van der Waals surface area contributed by atoms with Crippen LogP contribution in [0.5, 0.6) is 0 Å². The number of benzene rings is 1. The van der Waals surface area contributed by atoms with Crippen LogP contribution in [-0.4, -0.2) is 67.8 Å². The van der Waals surface area contributed by atoms with Crippen LogP contribution in [0.15, 0.2) is 18.2 Å². The van der Waals surface area contributed by atoms with Crippen LogP contribution in [-0.2, 0) is 10.5 Å². The summed E-state index contributed by atoms with van der Waals surface area (Å²) in [4.78, 5) is 16.6. The highest BCUT2D eigenvalue weighted by Crippen LogP contribution is 2.23. The monoisotopic (exact) mass is 373 g/mol. The maximum atomic E-state index is 13.6. The third-order valence-corrected chi connectivity index (χ3v) is 5.42. The van der Waals surface area contributed by atoms with Gasteiger partial charge in [0.25, 0.3) is 0 Å². The van der Waals surface area contributed by atoms with Gasteiger partial charge in [-0.25, -0.2) is 4.39 Å². The smallest absolute Gasteiger partial charge is 0.230 e. The van der Waals surface area contributed by atoms with Crippen LogP contribution >= 0.6 is 23.4 Å². The van der Waals surface area contributed by atoms with Crippen molar-refractivity contribution in [2.24, 2.45) is 0 Å². The van der Waals surface area contributed by atoms with Gasteiger partial charge in [0, 0.05) is 49.1 Å². The SMILES string of the molecule is CN1CCN(CCCNC(=O)CSCc2c(F)cccc2Cl)CC1. The lowest BCUT2D eigenvalue weighted by atomic mass is 10.2. The second-order valence-electron chi connectivity index (χ2n) is 6.04. The van der Waals surface area contributed by atoms with E-state index in [0.717, 1.165) is 39.1 Å². The van der Waals surface area contributed by atoms with Gasteiger partial charge in [-0.3, -0.25) is 4.79 Å². The highest BCUT2D eigenvalue weighted by Gasteiger charge is 2.13. The Morgan fingerprint density at radius 1 is 1.33 bits per heavy atom. The molecule has 1 N–H and O–H groups in total. The maximum Gasteiger partial charge on any atom is 0.230 e. The van der Waals surface area contributed by atoms with Gasteiger partial charge in [0.15, 0.2) is 0 Å². The first-order valence-corrected chi connectivity index (χ1v) is 9.78. The molecule has 1 aliphatic rings. The van der Waals surface area contributed by atoms with Gasteiger partial charge in [0.1, 0.15) is 5.82 Å². The Morgan fingerprint density at radius 3 is 2.79 bits per heavy atom. The number of carbonyl (C=O) groups is 1. The number of hydrogen-bond donors (Lipinski definition) is 1. The molecule has 1 aromatic carbocycles. The third-order valence-electron chi connectivity index (χ3n) is 4.11. The number of rotatable bonds is 8. The van der Waals surface area contributed by atoms with Crippen molar-refractivity contribution in [3.63, 3.8) is 0 Å². The lowest BCUT2D eigenvalue weighted by molar-refractivity contribution is -0.118. The summed E-state index contributed by atoms with van der Waals surface area (Å²) in [6.07, 6.45) is 0.958. The molecule has 1 heterocycles. The number of likely N-dealkylation sites (N-methyl/N-ethyl adjacent to an activating group) is 1. The van der Waals surface area contributed by atoms with Gasteiger partial charge in [0.05, 0.1) is 5.75 Å². The number of amides is 1. The van der Waals surface area contributed by atoms with Gasteiger partial charge in [0.2, 0.25) is 5.91 Å². The zero-order valence-electron chi connectivity index (χ0n) is 14.1. The van der Waals surface area contributed by atoms with Crippen LogP contribution in [0.2, 0.25) is 5.02 Å². The number of carbonyl (C=O) groups excluding carboxylic acids is 1. The maximum absolute atomic E-state index is 13.6. The zero-order valence-corrected chi connectivity index (χ0v) is 15.6. The van der Waals surface area contributed by atoms with Crippen LogP contribution in [0.1, 0.15) is 12.0 Å². The lowest BCUT2D eigenvalue weighted by Crippen LogP contribution is -2.45. The van der Waals surface area contributed by atoms with Crippen LogP contribution in [0, 0.1) is 5.82 Å². The standard InChI is InChI=1S/C17H25ClFN3OS/c1-21-8-10-22(11-9-21)7-3-6-20-17(23)13-24-12-14-15(18)4-2-5-16(14)19/h2,4-5H,3,6-13H2,1H3,(H,20,23). The molecule has 1 amide bonds. The molecular weight excluding hydrogens is 349 g/mol. The fourth-order valence-corrected chi connectivity index (χ4v) is 3.77. The van der Waals surface area contributed by atoms with Crippen LogP contribution in [0.4, 0.5) is 4.39 Å². The van der Waals surface area contributed by atoms with Crippen molar-refractivity contribution in [1.82, 2.24) is 15.1 Å². The van der Waals surface area contributed by atoms with E-state index < -0.39 is 0 Å². The van der Waals surface area contributed by atoms with Crippen molar-refractivity contribution in [3.8, 4) is 0 Å². The van der Waals surface area contributed by atoms with Gasteiger partial charge in [-0.1, -0.05) is 17.7 Å². The summed E-state index contributed by atoms with van der Waals surface area (Å²) in [5.41, 5.74) is 0.465. The first-order valence-electron chi connectivity index (χ1n) is 8.24. The van der Waals surface area contributed by atoms with E-state index in [1.54, 1.807) is 12.1 Å². The highest BCUT2D eigenvalue weighted by atomic mass is 35.5. The summed E-state index contributed by atoms with van der Waals surface area (Å²) in [6, 6.07) is 4.64. The summed E-state index contributed by atoms with van der Waals surface area (Å²) in [7, 11) is 2.14. The van der Waals surface area contributed by atoms with Crippen molar-refractivity contribution in [2.45, 2.75) is 12.2 Å². The average molecular weight is 374 g/mol. The van der Waals surface area contributed by atoms with E-state index in [1.807, 2.05) is 0 Å². The molecule has 1 saturated heterocycles. The van der Waals surface area contributed by atoms with E-state index in [1.165, 1.54) is 17.8 Å². The molecule has 0 aromatic heterocycles. The first kappa shape index (κ1) is 19.5. The Kier molecular flexibility index (Phi) is 8.32. The Bertz CT molecular complexity index is 518. The van der Waals surface area contributed by atoms with Crippen molar-refractivity contribution >= 4 is 29.3 Å². The quantitative estimate of drug-likeness (QED) is 0.710. The third kappa shape index (κ3) is 6.59. The normalized spacial score (nSPS) is 16.3. The first-order chi connectivity index (χ1) is 11.6. The predicted octanol–water partition coefficient (Wildman–Crippen LogP) is 2.47. The summed E-state index contributed by atoms with van der Waals surface area (Å²) >= 11 is 7.35. The molecule has 134 valence electrons. The summed E-state index contributed by atoms with van der Waals surface area (Å²) in [5, 5.41) is 3.34. The Balaban J connectivity index is 1.55. The van der Waals surface area contributed by atoms with E-state index >= 15 is 0 Å². The molecular formula is C17H25ClFN3OS. The number of nitrogens with zero attached hydrogens (tertiary/aromatic N) is 2. The average Bonchev–Trinajstić information content (AvgIpc) is 2.56. The Morgan fingerprint density at radius 2 is 2.08 bits per heavy atom. The molecule has 2 rings (SSSR count). The molecule has 0 radical (unpaired) electrons. The Labute approximate surface area is 152 Å². The number of halogens is 2. The van der Waals surface area contributed by atoms with Crippen LogP contribution in [0.25, 0.3) is 0 Å². The highest BCUT2D eigenvalue weighted by molar-refractivity contribution is 7.99. The predicted molar refractivity (Wildman–Crippen MR) is 99.1 cm³/mol. The molecule has 0 bridgehead atoms. The van der Waals surface area contributed by atoms with Gasteiger partial charge in [-0.2, -0.15) is 0 Å². The van der Waals surface area contributed by atoms with E-state index in [0.29, 0.717) is 28.6 Å². The van der Waals surface area contributed by atoms with Crippen molar-refractivity contribution in [2.75, 3.05) is 52.1 Å². The molecule has 0 saturated carbocycles.